The molecule has 0 aliphatic heterocycles. The standard InChI is InChI=1S/C13H14F2N2OS/c1-8-7-19-13(17-8)6-16-5-12(18)10-3-2-9(14)4-11(10)15/h2-4,7,12,16,18H,5-6H2,1H3. The molecule has 0 amide bonds. The molecule has 1 aromatic heterocycles. The zero-order valence-corrected chi connectivity index (χ0v) is 11.2. The van der Waals surface area contributed by atoms with E-state index >= 15 is 0 Å². The number of nitrogens with zero attached hydrogens (tertiary/aromatic N) is 1. The Morgan fingerprint density at radius 1 is 1.42 bits per heavy atom. The summed E-state index contributed by atoms with van der Waals surface area (Å²) in [6, 6.07) is 3.15. The summed E-state index contributed by atoms with van der Waals surface area (Å²) in [6.45, 7) is 2.60. The summed E-state index contributed by atoms with van der Waals surface area (Å²) >= 11 is 1.52. The molecule has 1 heterocycles. The monoisotopic (exact) mass is 284 g/mol. The number of aliphatic hydroxyl groups is 1. The maximum Gasteiger partial charge on any atom is 0.131 e. The first-order chi connectivity index (χ1) is 9.06. The van der Waals surface area contributed by atoms with Gasteiger partial charge in [-0.15, -0.1) is 11.3 Å². The lowest BCUT2D eigenvalue weighted by molar-refractivity contribution is 0.169. The van der Waals surface area contributed by atoms with Gasteiger partial charge in [-0.2, -0.15) is 0 Å². The SMILES string of the molecule is Cc1csc(CNCC(O)c2ccc(F)cc2F)n1. The maximum absolute atomic E-state index is 13.4. The average Bonchev–Trinajstić information content (AvgIpc) is 2.75. The topological polar surface area (TPSA) is 45.1 Å². The van der Waals surface area contributed by atoms with Crippen LogP contribution in [-0.4, -0.2) is 16.6 Å². The fourth-order valence-electron chi connectivity index (χ4n) is 1.68. The van der Waals surface area contributed by atoms with Crippen LogP contribution in [0.1, 0.15) is 22.4 Å². The highest BCUT2D eigenvalue weighted by atomic mass is 32.1. The zero-order valence-electron chi connectivity index (χ0n) is 10.4. The van der Waals surface area contributed by atoms with Crippen molar-refractivity contribution in [2.45, 2.75) is 19.6 Å². The first-order valence-corrected chi connectivity index (χ1v) is 6.69. The molecular weight excluding hydrogens is 270 g/mol. The first-order valence-electron chi connectivity index (χ1n) is 5.81. The molecule has 0 bridgehead atoms. The molecule has 0 aliphatic rings. The number of rotatable bonds is 5. The predicted octanol–water partition coefficient (Wildman–Crippen LogP) is 2.55. The minimum atomic E-state index is -1.01. The molecule has 2 rings (SSSR count). The third-order valence-electron chi connectivity index (χ3n) is 2.60. The number of hydrogen-bond acceptors (Lipinski definition) is 4. The predicted molar refractivity (Wildman–Crippen MR) is 69.9 cm³/mol. The van der Waals surface area contributed by atoms with E-state index in [1.807, 2.05) is 12.3 Å². The Labute approximate surface area is 113 Å². The van der Waals surface area contributed by atoms with E-state index in [0.29, 0.717) is 6.54 Å². The van der Waals surface area contributed by atoms with Gasteiger partial charge in [0.1, 0.15) is 16.6 Å². The number of halogens is 2. The summed E-state index contributed by atoms with van der Waals surface area (Å²) in [5.41, 5.74) is 1.04. The Balaban J connectivity index is 1.88. The van der Waals surface area contributed by atoms with Gasteiger partial charge in [-0.3, -0.25) is 0 Å². The largest absolute Gasteiger partial charge is 0.387 e. The molecule has 1 atom stereocenters. The van der Waals surface area contributed by atoms with Crippen molar-refractivity contribution < 1.29 is 13.9 Å². The molecule has 0 fully saturated rings. The van der Waals surface area contributed by atoms with Crippen molar-refractivity contribution >= 4 is 11.3 Å². The van der Waals surface area contributed by atoms with Gasteiger partial charge in [0.05, 0.1) is 6.10 Å². The van der Waals surface area contributed by atoms with E-state index in [1.165, 1.54) is 17.4 Å². The van der Waals surface area contributed by atoms with Crippen LogP contribution in [-0.2, 0) is 6.54 Å². The molecule has 6 heteroatoms. The van der Waals surface area contributed by atoms with Crippen LogP contribution < -0.4 is 5.32 Å². The summed E-state index contributed by atoms with van der Waals surface area (Å²) in [4.78, 5) is 4.26. The molecule has 0 saturated carbocycles. The molecule has 0 saturated heterocycles. The summed E-state index contributed by atoms with van der Waals surface area (Å²) in [7, 11) is 0. The van der Waals surface area contributed by atoms with Gasteiger partial charge in [0.15, 0.2) is 0 Å². The van der Waals surface area contributed by atoms with Crippen molar-refractivity contribution in [3.63, 3.8) is 0 Å². The minimum Gasteiger partial charge on any atom is -0.387 e. The number of aromatic nitrogens is 1. The van der Waals surface area contributed by atoms with E-state index in [-0.39, 0.29) is 12.1 Å². The van der Waals surface area contributed by atoms with Crippen LogP contribution in [0, 0.1) is 18.6 Å². The summed E-state index contributed by atoms with van der Waals surface area (Å²) in [5.74, 6) is -1.39. The van der Waals surface area contributed by atoms with Gasteiger partial charge < -0.3 is 10.4 Å². The average molecular weight is 284 g/mol. The molecule has 1 aromatic carbocycles. The molecule has 1 unspecified atom stereocenters. The van der Waals surface area contributed by atoms with Crippen molar-refractivity contribution in [2.24, 2.45) is 0 Å². The lowest BCUT2D eigenvalue weighted by Crippen LogP contribution is -2.21. The maximum atomic E-state index is 13.4. The third-order valence-corrected chi connectivity index (χ3v) is 3.57. The van der Waals surface area contributed by atoms with Gasteiger partial charge in [-0.05, 0) is 13.0 Å². The fourth-order valence-corrected chi connectivity index (χ4v) is 2.42. The van der Waals surface area contributed by atoms with E-state index in [1.54, 1.807) is 0 Å². The molecule has 0 radical (unpaired) electrons. The number of hydrogen-bond donors (Lipinski definition) is 2. The number of aryl methyl sites for hydroxylation is 1. The van der Waals surface area contributed by atoms with Crippen LogP contribution in [0.4, 0.5) is 8.78 Å². The van der Waals surface area contributed by atoms with E-state index < -0.39 is 17.7 Å². The summed E-state index contributed by atoms with van der Waals surface area (Å²) in [6.07, 6.45) is -1.01. The Morgan fingerprint density at radius 2 is 2.21 bits per heavy atom. The van der Waals surface area contributed by atoms with Gasteiger partial charge >= 0.3 is 0 Å². The van der Waals surface area contributed by atoms with Crippen LogP contribution in [0.2, 0.25) is 0 Å². The first kappa shape index (κ1) is 14.0. The van der Waals surface area contributed by atoms with Crippen molar-refractivity contribution in [3.05, 3.63) is 51.5 Å². The Morgan fingerprint density at radius 3 is 2.84 bits per heavy atom. The van der Waals surface area contributed by atoms with Crippen LogP contribution in [0.5, 0.6) is 0 Å². The van der Waals surface area contributed by atoms with E-state index in [0.717, 1.165) is 22.8 Å². The third kappa shape index (κ3) is 3.79. The van der Waals surface area contributed by atoms with E-state index in [9.17, 15) is 13.9 Å². The van der Waals surface area contributed by atoms with E-state index in [2.05, 4.69) is 10.3 Å². The molecule has 102 valence electrons. The van der Waals surface area contributed by atoms with Crippen molar-refractivity contribution in [1.29, 1.82) is 0 Å². The van der Waals surface area contributed by atoms with Crippen molar-refractivity contribution in [2.75, 3.05) is 6.54 Å². The summed E-state index contributed by atoms with van der Waals surface area (Å²) in [5, 5.41) is 15.7. The second-order valence-corrected chi connectivity index (χ2v) is 5.14. The molecule has 2 aromatic rings. The lowest BCUT2D eigenvalue weighted by atomic mass is 10.1. The Bertz CT molecular complexity index is 559. The van der Waals surface area contributed by atoms with Crippen LogP contribution >= 0.6 is 11.3 Å². The lowest BCUT2D eigenvalue weighted by Gasteiger charge is -2.12. The number of aliphatic hydroxyl groups excluding tert-OH is 1. The highest BCUT2D eigenvalue weighted by molar-refractivity contribution is 7.09. The van der Waals surface area contributed by atoms with Crippen molar-refractivity contribution in [1.82, 2.24) is 10.3 Å². The molecule has 2 N–H and O–H groups in total. The van der Waals surface area contributed by atoms with Gasteiger partial charge in [0.2, 0.25) is 0 Å². The second-order valence-electron chi connectivity index (χ2n) is 4.20. The molecule has 3 nitrogen and oxygen atoms in total. The minimum absolute atomic E-state index is 0.0872. The quantitative estimate of drug-likeness (QED) is 0.887. The normalized spacial score (nSPS) is 12.6. The Hall–Kier alpha value is -1.37. The van der Waals surface area contributed by atoms with Gasteiger partial charge in [0, 0.05) is 35.8 Å². The van der Waals surface area contributed by atoms with Crippen LogP contribution in [0.3, 0.4) is 0 Å². The fraction of sp³-hybridized carbons (Fsp3) is 0.308. The number of benzene rings is 1. The van der Waals surface area contributed by atoms with Crippen molar-refractivity contribution in [3.8, 4) is 0 Å². The highest BCUT2D eigenvalue weighted by Gasteiger charge is 2.13. The highest BCUT2D eigenvalue weighted by Crippen LogP contribution is 2.17. The second kappa shape index (κ2) is 6.18. The van der Waals surface area contributed by atoms with E-state index in [4.69, 9.17) is 0 Å². The molecule has 0 aliphatic carbocycles. The molecule has 19 heavy (non-hydrogen) atoms. The van der Waals surface area contributed by atoms with Gasteiger partial charge in [-0.25, -0.2) is 13.8 Å². The number of nitrogens with one attached hydrogen (secondary N) is 1. The summed E-state index contributed by atoms with van der Waals surface area (Å²) < 4.78 is 26.2. The Kier molecular flexibility index (Phi) is 4.57. The van der Waals surface area contributed by atoms with Crippen LogP contribution in [0.25, 0.3) is 0 Å². The zero-order chi connectivity index (χ0) is 13.8. The molecular formula is C13H14F2N2OS. The van der Waals surface area contributed by atoms with Crippen LogP contribution in [0.15, 0.2) is 23.6 Å². The number of thiazole rings is 1. The van der Waals surface area contributed by atoms with Gasteiger partial charge in [-0.1, -0.05) is 6.07 Å². The smallest absolute Gasteiger partial charge is 0.131 e. The molecule has 0 spiro atoms. The van der Waals surface area contributed by atoms with Gasteiger partial charge in [0.25, 0.3) is 0 Å².